The predicted octanol–water partition coefficient (Wildman–Crippen LogP) is 3.41. The SMILES string of the molecule is COc1cccc(NC(=O)Cn2c(SC)nc3ccccc32)c1. The van der Waals surface area contributed by atoms with E-state index in [1.807, 2.05) is 53.3 Å². The molecule has 0 aliphatic heterocycles. The molecule has 3 rings (SSSR count). The number of benzene rings is 2. The molecule has 1 N–H and O–H groups in total. The van der Waals surface area contributed by atoms with Crippen LogP contribution in [0, 0.1) is 0 Å². The highest BCUT2D eigenvalue weighted by Gasteiger charge is 2.13. The minimum atomic E-state index is -0.100. The number of methoxy groups -OCH3 is 1. The van der Waals surface area contributed by atoms with Gasteiger partial charge in [-0.05, 0) is 30.5 Å². The first-order chi connectivity index (χ1) is 11.2. The molecule has 0 bridgehead atoms. The van der Waals surface area contributed by atoms with E-state index in [1.54, 1.807) is 13.2 Å². The second-order valence-corrected chi connectivity index (χ2v) is 5.73. The van der Waals surface area contributed by atoms with Crippen LogP contribution in [0.15, 0.2) is 53.7 Å². The molecule has 0 fully saturated rings. The molecule has 3 aromatic rings. The molecule has 0 aliphatic rings. The number of fused-ring (bicyclic) bond motifs is 1. The molecular formula is C17H17N3O2S. The van der Waals surface area contributed by atoms with Crippen molar-refractivity contribution in [2.24, 2.45) is 0 Å². The summed E-state index contributed by atoms with van der Waals surface area (Å²) in [6.07, 6.45) is 1.96. The largest absolute Gasteiger partial charge is 0.497 e. The van der Waals surface area contributed by atoms with Gasteiger partial charge in [-0.25, -0.2) is 4.98 Å². The lowest BCUT2D eigenvalue weighted by molar-refractivity contribution is -0.116. The minimum Gasteiger partial charge on any atom is -0.497 e. The second-order valence-electron chi connectivity index (χ2n) is 4.95. The first-order valence-electron chi connectivity index (χ1n) is 7.14. The van der Waals surface area contributed by atoms with E-state index in [0.29, 0.717) is 11.4 Å². The van der Waals surface area contributed by atoms with Crippen LogP contribution in [0.3, 0.4) is 0 Å². The monoisotopic (exact) mass is 327 g/mol. The molecular weight excluding hydrogens is 310 g/mol. The number of ether oxygens (including phenoxy) is 1. The van der Waals surface area contributed by atoms with Crippen LogP contribution in [0.4, 0.5) is 5.69 Å². The number of aromatic nitrogens is 2. The Labute approximate surface area is 138 Å². The molecule has 0 aliphatic carbocycles. The molecule has 6 heteroatoms. The molecule has 2 aromatic carbocycles. The molecule has 0 radical (unpaired) electrons. The zero-order valence-corrected chi connectivity index (χ0v) is 13.8. The average molecular weight is 327 g/mol. The Morgan fingerprint density at radius 3 is 2.87 bits per heavy atom. The van der Waals surface area contributed by atoms with Crippen molar-refractivity contribution < 1.29 is 9.53 Å². The summed E-state index contributed by atoms with van der Waals surface area (Å²) in [5.41, 5.74) is 2.56. The van der Waals surface area contributed by atoms with Gasteiger partial charge in [0.2, 0.25) is 5.91 Å². The summed E-state index contributed by atoms with van der Waals surface area (Å²) < 4.78 is 7.09. The number of hydrogen-bond donors (Lipinski definition) is 1. The van der Waals surface area contributed by atoms with E-state index >= 15 is 0 Å². The molecule has 0 saturated heterocycles. The van der Waals surface area contributed by atoms with Gasteiger partial charge >= 0.3 is 0 Å². The fourth-order valence-corrected chi connectivity index (χ4v) is 2.98. The Morgan fingerprint density at radius 2 is 2.09 bits per heavy atom. The Kier molecular flexibility index (Phi) is 4.52. The maximum atomic E-state index is 12.4. The van der Waals surface area contributed by atoms with E-state index in [4.69, 9.17) is 4.74 Å². The van der Waals surface area contributed by atoms with Crippen molar-refractivity contribution in [1.29, 1.82) is 0 Å². The van der Waals surface area contributed by atoms with E-state index in [1.165, 1.54) is 11.8 Å². The number of carbonyl (C=O) groups excluding carboxylic acids is 1. The first kappa shape index (κ1) is 15.4. The van der Waals surface area contributed by atoms with E-state index in [2.05, 4.69) is 10.3 Å². The summed E-state index contributed by atoms with van der Waals surface area (Å²) in [5.74, 6) is 0.609. The van der Waals surface area contributed by atoms with Crippen molar-refractivity contribution in [2.45, 2.75) is 11.7 Å². The van der Waals surface area contributed by atoms with E-state index < -0.39 is 0 Å². The maximum Gasteiger partial charge on any atom is 0.244 e. The number of anilines is 1. The van der Waals surface area contributed by atoms with Gasteiger partial charge in [-0.15, -0.1) is 0 Å². The Hall–Kier alpha value is -2.47. The second kappa shape index (κ2) is 6.75. The lowest BCUT2D eigenvalue weighted by Gasteiger charge is -2.09. The molecule has 118 valence electrons. The summed E-state index contributed by atoms with van der Waals surface area (Å²) in [6, 6.07) is 15.1. The zero-order valence-electron chi connectivity index (χ0n) is 12.9. The normalized spacial score (nSPS) is 10.7. The van der Waals surface area contributed by atoms with Crippen LogP contribution in [-0.4, -0.2) is 28.8 Å². The summed E-state index contributed by atoms with van der Waals surface area (Å²) in [6.45, 7) is 0.216. The number of nitrogens with one attached hydrogen (secondary N) is 1. The van der Waals surface area contributed by atoms with Crippen LogP contribution in [0.5, 0.6) is 5.75 Å². The Morgan fingerprint density at radius 1 is 1.26 bits per heavy atom. The number of carbonyl (C=O) groups is 1. The highest BCUT2D eigenvalue weighted by atomic mass is 32.2. The van der Waals surface area contributed by atoms with Crippen LogP contribution < -0.4 is 10.1 Å². The Bertz CT molecular complexity index is 845. The van der Waals surface area contributed by atoms with Gasteiger partial charge in [-0.1, -0.05) is 30.0 Å². The maximum absolute atomic E-state index is 12.4. The number of imidazole rings is 1. The van der Waals surface area contributed by atoms with Gasteiger partial charge in [0, 0.05) is 11.8 Å². The predicted molar refractivity (Wildman–Crippen MR) is 93.1 cm³/mol. The summed E-state index contributed by atoms with van der Waals surface area (Å²) >= 11 is 1.53. The van der Waals surface area contributed by atoms with Crippen LogP contribution in [0.25, 0.3) is 11.0 Å². The molecule has 0 unspecified atom stereocenters. The number of rotatable bonds is 5. The van der Waals surface area contributed by atoms with E-state index in [-0.39, 0.29) is 12.5 Å². The summed E-state index contributed by atoms with van der Waals surface area (Å²) in [7, 11) is 1.60. The molecule has 1 heterocycles. The molecule has 0 spiro atoms. The topological polar surface area (TPSA) is 56.1 Å². The number of nitrogens with zero attached hydrogens (tertiary/aromatic N) is 2. The van der Waals surface area contributed by atoms with E-state index in [9.17, 15) is 4.79 Å². The van der Waals surface area contributed by atoms with Crippen LogP contribution in [-0.2, 0) is 11.3 Å². The number of amides is 1. The van der Waals surface area contributed by atoms with Crippen LogP contribution in [0.1, 0.15) is 0 Å². The number of para-hydroxylation sites is 2. The fourth-order valence-electron chi connectivity index (χ4n) is 2.41. The highest BCUT2D eigenvalue weighted by molar-refractivity contribution is 7.98. The first-order valence-corrected chi connectivity index (χ1v) is 8.37. The third-order valence-corrected chi connectivity index (χ3v) is 4.13. The van der Waals surface area contributed by atoms with Gasteiger partial charge in [-0.2, -0.15) is 0 Å². The standard InChI is InChI=1S/C17H17N3O2S/c1-22-13-7-5-6-12(10-13)18-16(21)11-20-15-9-4-3-8-14(15)19-17(20)23-2/h3-10H,11H2,1-2H3,(H,18,21). The van der Waals surface area contributed by atoms with Crippen molar-refractivity contribution in [2.75, 3.05) is 18.7 Å². The third kappa shape index (κ3) is 3.32. The summed E-state index contributed by atoms with van der Waals surface area (Å²) in [4.78, 5) is 16.9. The van der Waals surface area contributed by atoms with Gasteiger partial charge < -0.3 is 14.6 Å². The van der Waals surface area contributed by atoms with Gasteiger partial charge in [0.15, 0.2) is 5.16 Å². The van der Waals surface area contributed by atoms with Crippen molar-refractivity contribution in [1.82, 2.24) is 9.55 Å². The smallest absolute Gasteiger partial charge is 0.244 e. The highest BCUT2D eigenvalue weighted by Crippen LogP contribution is 2.22. The van der Waals surface area contributed by atoms with Crippen molar-refractivity contribution in [3.05, 3.63) is 48.5 Å². The Balaban J connectivity index is 1.82. The summed E-state index contributed by atoms with van der Waals surface area (Å²) in [5, 5.41) is 3.72. The quantitative estimate of drug-likeness (QED) is 0.730. The third-order valence-electron chi connectivity index (χ3n) is 3.46. The molecule has 1 aromatic heterocycles. The van der Waals surface area contributed by atoms with Gasteiger partial charge in [0.1, 0.15) is 12.3 Å². The minimum absolute atomic E-state index is 0.100. The van der Waals surface area contributed by atoms with Crippen molar-refractivity contribution in [3.8, 4) is 5.75 Å². The number of hydrogen-bond acceptors (Lipinski definition) is 4. The van der Waals surface area contributed by atoms with E-state index in [0.717, 1.165) is 16.2 Å². The lowest BCUT2D eigenvalue weighted by Crippen LogP contribution is -2.19. The van der Waals surface area contributed by atoms with Crippen molar-refractivity contribution >= 4 is 34.4 Å². The average Bonchev–Trinajstić information content (AvgIpc) is 2.93. The molecule has 5 nitrogen and oxygen atoms in total. The van der Waals surface area contributed by atoms with Crippen LogP contribution in [0.2, 0.25) is 0 Å². The number of thioether (sulfide) groups is 1. The van der Waals surface area contributed by atoms with Crippen LogP contribution >= 0.6 is 11.8 Å². The lowest BCUT2D eigenvalue weighted by atomic mass is 10.3. The zero-order chi connectivity index (χ0) is 16.2. The molecule has 23 heavy (non-hydrogen) atoms. The van der Waals surface area contributed by atoms with Crippen molar-refractivity contribution in [3.63, 3.8) is 0 Å². The molecule has 1 amide bonds. The van der Waals surface area contributed by atoms with Gasteiger partial charge in [0.05, 0.1) is 18.1 Å². The van der Waals surface area contributed by atoms with Gasteiger partial charge in [-0.3, -0.25) is 4.79 Å². The molecule has 0 saturated carbocycles. The molecule has 0 atom stereocenters. The fraction of sp³-hybridized carbons (Fsp3) is 0.176. The van der Waals surface area contributed by atoms with Gasteiger partial charge in [0.25, 0.3) is 0 Å².